The number of piperidine rings is 1. The van der Waals surface area contributed by atoms with E-state index in [1.54, 1.807) is 17.0 Å². The molecule has 1 aliphatic heterocycles. The first-order valence-electron chi connectivity index (χ1n) is 6.11. The molecule has 0 saturated carbocycles. The number of likely N-dealkylation sites (tertiary alicyclic amines) is 1. The summed E-state index contributed by atoms with van der Waals surface area (Å²) in [7, 11) is 0. The van der Waals surface area contributed by atoms with Crippen LogP contribution in [0.15, 0.2) is 22.7 Å². The molecule has 3 nitrogen and oxygen atoms in total. The quantitative estimate of drug-likeness (QED) is 0.778. The maximum absolute atomic E-state index is 12.4. The summed E-state index contributed by atoms with van der Waals surface area (Å²) in [5.41, 5.74) is 0.203. The van der Waals surface area contributed by atoms with Crippen LogP contribution in [0.25, 0.3) is 0 Å². The molecule has 1 saturated heterocycles. The fourth-order valence-electron chi connectivity index (χ4n) is 2.15. The number of hydrogen-bond donors (Lipinski definition) is 0. The molecule has 0 spiro atoms. The Morgan fingerprint density at radius 2 is 2.11 bits per heavy atom. The van der Waals surface area contributed by atoms with Crippen molar-refractivity contribution in [1.82, 2.24) is 4.90 Å². The molecule has 0 N–H and O–H groups in total. The van der Waals surface area contributed by atoms with Gasteiger partial charge in [-0.2, -0.15) is 5.26 Å². The fraction of sp³-hybridized carbons (Fsp3) is 0.429. The lowest BCUT2D eigenvalue weighted by molar-refractivity contribution is 0.0662. The molecule has 5 heteroatoms. The molecule has 0 aliphatic carbocycles. The highest BCUT2D eigenvalue weighted by Crippen LogP contribution is 2.32. The number of amides is 1. The number of rotatable bonds is 1. The van der Waals surface area contributed by atoms with E-state index in [9.17, 15) is 4.79 Å². The van der Waals surface area contributed by atoms with E-state index in [1.165, 1.54) is 0 Å². The Morgan fingerprint density at radius 1 is 1.47 bits per heavy atom. The molecule has 0 unspecified atom stereocenters. The molecule has 0 aromatic heterocycles. The van der Waals surface area contributed by atoms with Gasteiger partial charge in [0.25, 0.3) is 5.91 Å². The number of carbonyl (C=O) groups excluding carboxylic acids is 1. The van der Waals surface area contributed by atoms with E-state index in [0.29, 0.717) is 36.5 Å². The van der Waals surface area contributed by atoms with Gasteiger partial charge in [0.1, 0.15) is 0 Å². The first kappa shape index (κ1) is 14.4. The molecule has 1 amide bonds. The first-order chi connectivity index (χ1) is 8.97. The van der Waals surface area contributed by atoms with Crippen molar-refractivity contribution in [2.24, 2.45) is 5.41 Å². The third kappa shape index (κ3) is 2.93. The van der Waals surface area contributed by atoms with Crippen molar-refractivity contribution in [1.29, 1.82) is 5.26 Å². The largest absolute Gasteiger partial charge is 0.338 e. The lowest BCUT2D eigenvalue weighted by Gasteiger charge is -2.35. The molecule has 19 heavy (non-hydrogen) atoms. The Balaban J connectivity index is 2.15. The van der Waals surface area contributed by atoms with E-state index in [-0.39, 0.29) is 11.3 Å². The molecule has 1 fully saturated rings. The summed E-state index contributed by atoms with van der Waals surface area (Å²) in [6.45, 7) is 3.15. The molecule has 1 heterocycles. The van der Waals surface area contributed by atoms with E-state index in [2.05, 4.69) is 22.0 Å². The Labute approximate surface area is 126 Å². The van der Waals surface area contributed by atoms with Crippen molar-refractivity contribution in [3.63, 3.8) is 0 Å². The molecule has 0 radical (unpaired) electrons. The maximum atomic E-state index is 12.4. The summed E-state index contributed by atoms with van der Waals surface area (Å²) in [6.07, 6.45) is 1.42. The monoisotopic (exact) mass is 340 g/mol. The van der Waals surface area contributed by atoms with Crippen molar-refractivity contribution < 1.29 is 4.79 Å². The van der Waals surface area contributed by atoms with Gasteiger partial charge in [-0.3, -0.25) is 4.79 Å². The highest BCUT2D eigenvalue weighted by atomic mass is 79.9. The second kappa shape index (κ2) is 5.52. The zero-order valence-electron chi connectivity index (χ0n) is 10.6. The van der Waals surface area contributed by atoms with Crippen LogP contribution in [-0.4, -0.2) is 23.9 Å². The molecule has 0 atom stereocenters. The second-order valence-electron chi connectivity index (χ2n) is 5.07. The van der Waals surface area contributed by atoms with Crippen LogP contribution in [0.4, 0.5) is 0 Å². The Kier molecular flexibility index (Phi) is 4.17. The zero-order chi connectivity index (χ0) is 14.0. The first-order valence-corrected chi connectivity index (χ1v) is 7.28. The molecule has 1 aromatic rings. The molecular weight excluding hydrogens is 328 g/mol. The van der Waals surface area contributed by atoms with Gasteiger partial charge in [0, 0.05) is 17.6 Å². The summed E-state index contributed by atoms with van der Waals surface area (Å²) >= 11 is 9.47. The van der Waals surface area contributed by atoms with Crippen LogP contribution in [0.1, 0.15) is 30.1 Å². The standard InChI is InChI=1S/C14H14BrClN2O/c1-14(9-17)5-7-18(8-6-14)13(19)10-3-2-4-11(15)12(10)16/h2-4H,5-8H2,1H3. The summed E-state index contributed by atoms with van der Waals surface area (Å²) in [5.74, 6) is -0.0636. The fourth-order valence-corrected chi connectivity index (χ4v) is 2.73. The number of nitrogens with zero attached hydrogens (tertiary/aromatic N) is 2. The van der Waals surface area contributed by atoms with Crippen LogP contribution in [0.3, 0.4) is 0 Å². The molecular formula is C14H14BrClN2O. The van der Waals surface area contributed by atoms with Crippen molar-refractivity contribution in [3.05, 3.63) is 33.3 Å². The van der Waals surface area contributed by atoms with Crippen molar-refractivity contribution >= 4 is 33.4 Å². The highest BCUT2D eigenvalue weighted by Gasteiger charge is 2.32. The number of benzene rings is 1. The van der Waals surface area contributed by atoms with Gasteiger partial charge in [0.15, 0.2) is 0 Å². The Morgan fingerprint density at radius 3 is 2.68 bits per heavy atom. The zero-order valence-corrected chi connectivity index (χ0v) is 13.0. The van der Waals surface area contributed by atoms with Gasteiger partial charge >= 0.3 is 0 Å². The minimum atomic E-state index is -0.308. The Bertz CT molecular complexity index is 545. The summed E-state index contributed by atoms with van der Waals surface area (Å²) in [5, 5.41) is 9.54. The Hall–Kier alpha value is -1.05. The van der Waals surface area contributed by atoms with Crippen LogP contribution in [-0.2, 0) is 0 Å². The molecule has 2 rings (SSSR count). The summed E-state index contributed by atoms with van der Waals surface area (Å²) < 4.78 is 0.721. The number of nitriles is 1. The van der Waals surface area contributed by atoms with E-state index in [1.807, 2.05) is 13.0 Å². The number of hydrogen-bond acceptors (Lipinski definition) is 2. The molecule has 0 bridgehead atoms. The van der Waals surface area contributed by atoms with Crippen LogP contribution < -0.4 is 0 Å². The van der Waals surface area contributed by atoms with Gasteiger partial charge in [-0.15, -0.1) is 0 Å². The van der Waals surface area contributed by atoms with Gasteiger partial charge in [-0.25, -0.2) is 0 Å². The topological polar surface area (TPSA) is 44.1 Å². The van der Waals surface area contributed by atoms with Crippen molar-refractivity contribution in [3.8, 4) is 6.07 Å². The minimum Gasteiger partial charge on any atom is -0.338 e. The van der Waals surface area contributed by atoms with Crippen LogP contribution >= 0.6 is 27.5 Å². The summed E-state index contributed by atoms with van der Waals surface area (Å²) in [4.78, 5) is 14.2. The molecule has 100 valence electrons. The molecule has 1 aromatic carbocycles. The maximum Gasteiger partial charge on any atom is 0.255 e. The van der Waals surface area contributed by atoms with E-state index in [4.69, 9.17) is 16.9 Å². The van der Waals surface area contributed by atoms with Gasteiger partial charge in [0.05, 0.1) is 22.1 Å². The third-order valence-corrected chi connectivity index (χ3v) is 4.90. The smallest absolute Gasteiger partial charge is 0.255 e. The van der Waals surface area contributed by atoms with Crippen molar-refractivity contribution in [2.75, 3.05) is 13.1 Å². The van der Waals surface area contributed by atoms with Gasteiger partial charge in [0.2, 0.25) is 0 Å². The molecule has 1 aliphatic rings. The van der Waals surface area contributed by atoms with Crippen LogP contribution in [0, 0.1) is 16.7 Å². The van der Waals surface area contributed by atoms with E-state index < -0.39 is 0 Å². The minimum absolute atomic E-state index is 0.0636. The summed E-state index contributed by atoms with van der Waals surface area (Å²) in [6, 6.07) is 7.66. The van der Waals surface area contributed by atoms with Crippen molar-refractivity contribution in [2.45, 2.75) is 19.8 Å². The lowest BCUT2D eigenvalue weighted by atomic mass is 9.82. The average molecular weight is 342 g/mol. The van der Waals surface area contributed by atoms with E-state index in [0.717, 1.165) is 4.47 Å². The lowest BCUT2D eigenvalue weighted by Crippen LogP contribution is -2.41. The van der Waals surface area contributed by atoms with Gasteiger partial charge in [-0.1, -0.05) is 17.7 Å². The van der Waals surface area contributed by atoms with E-state index >= 15 is 0 Å². The van der Waals surface area contributed by atoms with Crippen LogP contribution in [0.5, 0.6) is 0 Å². The predicted octanol–water partition coefficient (Wildman–Crippen LogP) is 3.87. The highest BCUT2D eigenvalue weighted by molar-refractivity contribution is 9.10. The predicted molar refractivity (Wildman–Crippen MR) is 78.0 cm³/mol. The average Bonchev–Trinajstić information content (AvgIpc) is 2.42. The SMILES string of the molecule is CC1(C#N)CCN(C(=O)c2cccc(Br)c2Cl)CC1. The third-order valence-electron chi connectivity index (χ3n) is 3.61. The van der Waals surface area contributed by atoms with Gasteiger partial charge < -0.3 is 4.90 Å². The normalized spacial score (nSPS) is 17.9. The number of carbonyl (C=O) groups is 1. The van der Waals surface area contributed by atoms with Crippen LogP contribution in [0.2, 0.25) is 5.02 Å². The number of halogens is 2. The van der Waals surface area contributed by atoms with Gasteiger partial charge in [-0.05, 0) is 47.8 Å². The second-order valence-corrected chi connectivity index (χ2v) is 6.30.